The molecule has 4 aliphatic rings. The number of carbonyl (C=O) groups is 4. The molecule has 3 aromatic rings. The monoisotopic (exact) mass is 963 g/mol. The summed E-state index contributed by atoms with van der Waals surface area (Å²) in [7, 11) is -0.835. The summed E-state index contributed by atoms with van der Waals surface area (Å²) < 4.78 is 51.1. The maximum absolute atomic E-state index is 13.2. The van der Waals surface area contributed by atoms with Crippen LogP contribution in [-0.4, -0.2) is 79.3 Å². The van der Waals surface area contributed by atoms with Crippen LogP contribution in [0.2, 0.25) is 10.0 Å². The van der Waals surface area contributed by atoms with Gasteiger partial charge in [-0.25, -0.2) is 13.0 Å². The highest BCUT2D eigenvalue weighted by Crippen LogP contribution is 2.49. The second kappa shape index (κ2) is 18.7. The van der Waals surface area contributed by atoms with Crippen molar-refractivity contribution in [3.8, 4) is 11.5 Å². The number of benzene rings is 3. The second-order valence-electron chi connectivity index (χ2n) is 18.3. The van der Waals surface area contributed by atoms with Gasteiger partial charge in [0, 0.05) is 95.4 Å². The molecule has 0 saturated heterocycles. The fraction of sp³-hybridized carbons (Fsp3) is 0.449. The van der Waals surface area contributed by atoms with Gasteiger partial charge in [-0.3, -0.25) is 14.4 Å². The molecule has 0 aromatic heterocycles. The minimum absolute atomic E-state index is 0.0692. The van der Waals surface area contributed by atoms with Crippen molar-refractivity contribution in [2.75, 3.05) is 30.5 Å². The van der Waals surface area contributed by atoms with Crippen LogP contribution in [0.15, 0.2) is 47.4 Å². The number of allylic oxidation sites excluding steroid dienone is 1. The van der Waals surface area contributed by atoms with Gasteiger partial charge < -0.3 is 28.8 Å². The van der Waals surface area contributed by atoms with Gasteiger partial charge in [-0.15, -0.1) is 11.8 Å². The van der Waals surface area contributed by atoms with Crippen LogP contribution in [0.5, 0.6) is 11.5 Å². The van der Waals surface area contributed by atoms with E-state index in [2.05, 4.69) is 31.4 Å². The standard InChI is InChI=1S/C49H54Cl2N2O10S2/c1-8-27-24-48(2,3)52(6)34-22-38-31(19-29(27)34)42(32-20-30-28(26-65(59,60)61)25-49(4,5)53(7)35(30)23-39(32)62-38)44-43(47(57)58)33(50)21-40(45(44)51)64-18-14-12-10-9-11-13-15-41(56)63-46-36(54)16-17-37(46)55/h19-25,46H,8-18,26H2,1-7H3,(H-,57,58,59,60,61)/p-1. The van der Waals surface area contributed by atoms with Crippen LogP contribution in [-0.2, 0) is 29.2 Å². The Morgan fingerprint density at radius 2 is 1.57 bits per heavy atom. The first-order valence-corrected chi connectivity index (χ1v) is 25.2. The molecule has 0 bridgehead atoms. The highest BCUT2D eigenvalue weighted by Gasteiger charge is 2.38. The lowest BCUT2D eigenvalue weighted by Gasteiger charge is -2.42. The number of nitrogens with zero attached hydrogens (tertiary/aromatic N) is 2. The highest BCUT2D eigenvalue weighted by molar-refractivity contribution is 7.99. The zero-order valence-electron chi connectivity index (χ0n) is 37.7. The van der Waals surface area contributed by atoms with Crippen molar-refractivity contribution in [3.05, 3.63) is 90.9 Å². The van der Waals surface area contributed by atoms with Crippen LogP contribution in [0.1, 0.15) is 131 Å². The third-order valence-electron chi connectivity index (χ3n) is 13.0. The molecule has 0 atom stereocenters. The summed E-state index contributed by atoms with van der Waals surface area (Å²) in [6.45, 7) is 10.2. The molecule has 7 rings (SSSR count). The fourth-order valence-electron chi connectivity index (χ4n) is 9.14. The molecule has 0 unspecified atom stereocenters. The summed E-state index contributed by atoms with van der Waals surface area (Å²) in [5, 5.41) is 14.8. The number of ether oxygens (including phenoxy) is 2. The van der Waals surface area contributed by atoms with E-state index < -0.39 is 39.5 Å². The van der Waals surface area contributed by atoms with Crippen molar-refractivity contribution in [1.82, 2.24) is 4.58 Å². The van der Waals surface area contributed by atoms with Gasteiger partial charge in [0.05, 0.1) is 43.5 Å². The number of halogens is 2. The molecule has 346 valence electrons. The number of hydrogen-bond donors (Lipinski definition) is 0. The SMILES string of the molecule is CCC1=CC(C)(C)[N+](C)=c2cc3c(cc21)=C(c1c(Cl)c(SCCCCCCCCC(=O)OC2C(=O)CCC2=O)cc(Cl)c1C(=O)[O-])c1cc2c(cc1O3)N(C)C(C)(C)C=C2CS(=O)(=O)[O-]. The molecule has 16 heteroatoms. The van der Waals surface area contributed by atoms with Gasteiger partial charge in [0.15, 0.2) is 17.1 Å². The van der Waals surface area contributed by atoms with Crippen LogP contribution in [0, 0.1) is 0 Å². The number of likely N-dealkylation sites (N-methyl/N-ethyl adjacent to an activating group) is 2. The van der Waals surface area contributed by atoms with E-state index in [1.54, 1.807) is 24.3 Å². The number of carboxylic acids is 1. The van der Waals surface area contributed by atoms with Gasteiger partial charge in [0.2, 0.25) is 11.5 Å². The van der Waals surface area contributed by atoms with E-state index in [4.69, 9.17) is 32.7 Å². The lowest BCUT2D eigenvalue weighted by atomic mass is 9.83. The second-order valence-corrected chi connectivity index (χ2v) is 21.6. The molecule has 1 aliphatic carbocycles. The molecular formula is C49H53Cl2N2O10S2-. The Bertz CT molecular complexity index is 2830. The summed E-state index contributed by atoms with van der Waals surface area (Å²) in [4.78, 5) is 51.5. The van der Waals surface area contributed by atoms with Gasteiger partial charge in [0.1, 0.15) is 18.5 Å². The van der Waals surface area contributed by atoms with Crippen LogP contribution < -0.4 is 29.9 Å². The number of fused-ring (bicyclic) bond motifs is 4. The number of ketones is 2. The highest BCUT2D eigenvalue weighted by atomic mass is 35.5. The quantitative estimate of drug-likeness (QED) is 0.0276. The van der Waals surface area contributed by atoms with E-state index in [9.17, 15) is 37.3 Å². The molecule has 3 aromatic carbocycles. The fourth-order valence-corrected chi connectivity index (χ4v) is 11.5. The predicted octanol–water partition coefficient (Wildman–Crippen LogP) is 7.24. The molecule has 12 nitrogen and oxygen atoms in total. The normalized spacial score (nSPS) is 17.5. The number of carbonyl (C=O) groups excluding carboxylic acids is 4. The largest absolute Gasteiger partial charge is 0.748 e. The number of unbranched alkanes of at least 4 members (excludes halogenated alkanes) is 5. The first kappa shape index (κ1) is 48.5. The van der Waals surface area contributed by atoms with Crippen molar-refractivity contribution in [3.63, 3.8) is 0 Å². The van der Waals surface area contributed by atoms with Crippen LogP contribution in [0.4, 0.5) is 5.69 Å². The third-order valence-corrected chi connectivity index (χ3v) is 15.6. The Kier molecular flexibility index (Phi) is 13.9. The summed E-state index contributed by atoms with van der Waals surface area (Å²) in [6.07, 6.45) is 8.64. The van der Waals surface area contributed by atoms with E-state index >= 15 is 0 Å². The molecule has 65 heavy (non-hydrogen) atoms. The molecule has 0 amide bonds. The zero-order valence-corrected chi connectivity index (χ0v) is 40.8. The number of anilines is 1. The van der Waals surface area contributed by atoms with E-state index in [0.29, 0.717) is 68.2 Å². The molecule has 1 fully saturated rings. The Labute approximate surface area is 394 Å². The smallest absolute Gasteiger partial charge is 0.306 e. The van der Waals surface area contributed by atoms with Crippen LogP contribution in [0.25, 0.3) is 16.7 Å². The van der Waals surface area contributed by atoms with Crippen LogP contribution >= 0.6 is 35.0 Å². The summed E-state index contributed by atoms with van der Waals surface area (Å²) >= 11 is 15.8. The third kappa shape index (κ3) is 9.84. The van der Waals surface area contributed by atoms with Gasteiger partial charge in [-0.2, -0.15) is 0 Å². The van der Waals surface area contributed by atoms with Crippen molar-refractivity contribution in [1.29, 1.82) is 0 Å². The summed E-state index contributed by atoms with van der Waals surface area (Å²) in [5.74, 6) is -2.05. The number of thioether (sulfide) groups is 1. The topological polar surface area (TPSA) is 173 Å². The Morgan fingerprint density at radius 1 is 0.908 bits per heavy atom. The first-order chi connectivity index (χ1) is 30.5. The van der Waals surface area contributed by atoms with Crippen molar-refractivity contribution in [2.24, 2.45) is 0 Å². The molecule has 3 heterocycles. The molecule has 0 radical (unpaired) electrons. The molecule has 0 spiro atoms. The lowest BCUT2D eigenvalue weighted by Crippen LogP contribution is -2.47. The maximum Gasteiger partial charge on any atom is 0.306 e. The van der Waals surface area contributed by atoms with Gasteiger partial charge in [0.25, 0.3) is 0 Å². The average molecular weight is 965 g/mol. The minimum atomic E-state index is -4.72. The molecule has 0 N–H and O–H groups in total. The number of Topliss-reactive ketones (excluding diaryl/α,β-unsaturated/α-hetero) is 2. The Balaban J connectivity index is 1.25. The van der Waals surface area contributed by atoms with E-state index in [0.717, 1.165) is 48.6 Å². The van der Waals surface area contributed by atoms with E-state index in [1.807, 2.05) is 45.0 Å². The summed E-state index contributed by atoms with van der Waals surface area (Å²) in [5.41, 5.74) is 3.07. The number of hydrogen-bond acceptors (Lipinski definition) is 12. The maximum atomic E-state index is 13.2. The van der Waals surface area contributed by atoms with Gasteiger partial charge >= 0.3 is 5.97 Å². The van der Waals surface area contributed by atoms with Crippen molar-refractivity contribution in [2.45, 2.75) is 121 Å². The average Bonchev–Trinajstić information content (AvgIpc) is 3.54. The van der Waals surface area contributed by atoms with Crippen molar-refractivity contribution < 1.29 is 46.7 Å². The molecular weight excluding hydrogens is 912 g/mol. The minimum Gasteiger partial charge on any atom is -0.748 e. The van der Waals surface area contributed by atoms with Gasteiger partial charge in [-0.05, 0) is 74.3 Å². The lowest BCUT2D eigenvalue weighted by molar-refractivity contribution is -0.255. The Hall–Kier alpha value is -4.47. The van der Waals surface area contributed by atoms with Crippen LogP contribution in [0.3, 0.4) is 0 Å². The number of rotatable bonds is 16. The summed E-state index contributed by atoms with van der Waals surface area (Å²) in [6, 6.07) is 9.03. The molecule has 3 aliphatic heterocycles. The molecule has 1 saturated carbocycles. The number of carboxylic acid groups (broad SMARTS) is 1. The van der Waals surface area contributed by atoms with E-state index in [1.165, 1.54) is 11.8 Å². The zero-order chi connectivity index (χ0) is 47.3. The number of esters is 1. The Morgan fingerprint density at radius 3 is 2.22 bits per heavy atom. The first-order valence-electron chi connectivity index (χ1n) is 21.9. The van der Waals surface area contributed by atoms with Gasteiger partial charge in [-0.1, -0.05) is 61.9 Å². The van der Waals surface area contributed by atoms with Crippen molar-refractivity contribution >= 4 is 91.0 Å². The number of aromatic carboxylic acids is 1. The van der Waals surface area contributed by atoms with E-state index in [-0.39, 0.29) is 57.5 Å². The predicted molar refractivity (Wildman–Crippen MR) is 251 cm³/mol.